The smallest absolute Gasteiger partial charge is 0.449 e. The van der Waals surface area contributed by atoms with Gasteiger partial charge in [0.15, 0.2) is 0 Å². The van der Waals surface area contributed by atoms with Crippen LogP contribution in [0.2, 0.25) is 0 Å². The standard InChI is InChI=1S/C9H12F3NO2/c1-8(2,5-14-13)6-3-4-7(15-6)9(10,11)12/h3-4H,5,13H2,1-2H3. The van der Waals surface area contributed by atoms with Crippen LogP contribution in [0.15, 0.2) is 16.5 Å². The largest absolute Gasteiger partial charge is 0.456 e. The second-order valence-electron chi connectivity index (χ2n) is 3.86. The second-order valence-corrected chi connectivity index (χ2v) is 3.86. The summed E-state index contributed by atoms with van der Waals surface area (Å²) in [6.45, 7) is 3.44. The quantitative estimate of drug-likeness (QED) is 0.801. The molecule has 6 heteroatoms. The van der Waals surface area contributed by atoms with Gasteiger partial charge in [-0.25, -0.2) is 5.90 Å². The Morgan fingerprint density at radius 1 is 1.27 bits per heavy atom. The van der Waals surface area contributed by atoms with E-state index >= 15 is 0 Å². The van der Waals surface area contributed by atoms with E-state index in [9.17, 15) is 13.2 Å². The molecule has 3 nitrogen and oxygen atoms in total. The van der Waals surface area contributed by atoms with Crippen LogP contribution in [0.4, 0.5) is 13.2 Å². The Hall–Kier alpha value is -1.01. The van der Waals surface area contributed by atoms with E-state index in [1.165, 1.54) is 6.07 Å². The third-order valence-electron chi connectivity index (χ3n) is 2.00. The molecule has 0 aliphatic rings. The summed E-state index contributed by atoms with van der Waals surface area (Å²) in [5.41, 5.74) is -0.682. The highest BCUT2D eigenvalue weighted by Gasteiger charge is 2.36. The van der Waals surface area contributed by atoms with E-state index in [1.54, 1.807) is 13.8 Å². The molecule has 0 aliphatic carbocycles. The average molecular weight is 223 g/mol. The fourth-order valence-corrected chi connectivity index (χ4v) is 1.13. The molecule has 0 amide bonds. The van der Waals surface area contributed by atoms with Crippen molar-refractivity contribution in [3.63, 3.8) is 0 Å². The van der Waals surface area contributed by atoms with Crippen molar-refractivity contribution in [2.24, 2.45) is 5.90 Å². The van der Waals surface area contributed by atoms with E-state index in [0.29, 0.717) is 0 Å². The van der Waals surface area contributed by atoms with Crippen molar-refractivity contribution >= 4 is 0 Å². The van der Waals surface area contributed by atoms with Gasteiger partial charge in [-0.05, 0) is 12.1 Å². The van der Waals surface area contributed by atoms with Gasteiger partial charge in [0.05, 0.1) is 6.61 Å². The maximum atomic E-state index is 12.2. The molecule has 0 radical (unpaired) electrons. The average Bonchev–Trinajstić information content (AvgIpc) is 2.50. The Labute approximate surface area is 85.0 Å². The van der Waals surface area contributed by atoms with Gasteiger partial charge in [-0.15, -0.1) is 0 Å². The molecule has 15 heavy (non-hydrogen) atoms. The maximum Gasteiger partial charge on any atom is 0.449 e. The zero-order valence-electron chi connectivity index (χ0n) is 8.39. The molecule has 1 rings (SSSR count). The summed E-state index contributed by atoms with van der Waals surface area (Å²) in [6.07, 6.45) is -4.46. The minimum atomic E-state index is -4.46. The third-order valence-corrected chi connectivity index (χ3v) is 2.00. The molecule has 0 saturated heterocycles. The van der Waals surface area contributed by atoms with Gasteiger partial charge in [0.2, 0.25) is 5.76 Å². The number of furan rings is 1. The molecular weight excluding hydrogens is 211 g/mol. The van der Waals surface area contributed by atoms with Gasteiger partial charge in [-0.2, -0.15) is 13.2 Å². The maximum absolute atomic E-state index is 12.2. The predicted molar refractivity (Wildman–Crippen MR) is 46.9 cm³/mol. The van der Waals surface area contributed by atoms with Crippen molar-refractivity contribution in [2.75, 3.05) is 6.61 Å². The molecule has 0 unspecified atom stereocenters. The Morgan fingerprint density at radius 3 is 2.20 bits per heavy atom. The van der Waals surface area contributed by atoms with Crippen molar-refractivity contribution in [3.05, 3.63) is 23.7 Å². The summed E-state index contributed by atoms with van der Waals surface area (Å²) in [6, 6.07) is 2.18. The molecule has 0 saturated carbocycles. The molecule has 1 heterocycles. The first-order valence-corrected chi connectivity index (χ1v) is 4.26. The van der Waals surface area contributed by atoms with Crippen LogP contribution in [0.3, 0.4) is 0 Å². The van der Waals surface area contributed by atoms with Gasteiger partial charge < -0.3 is 9.25 Å². The number of nitrogens with two attached hydrogens (primary N) is 1. The first-order chi connectivity index (χ1) is 6.77. The van der Waals surface area contributed by atoms with Crippen LogP contribution in [0.25, 0.3) is 0 Å². The summed E-state index contributed by atoms with van der Waals surface area (Å²) in [5.74, 6) is 4.06. The monoisotopic (exact) mass is 223 g/mol. The Bertz CT molecular complexity index is 330. The number of rotatable bonds is 3. The molecule has 1 aromatic rings. The van der Waals surface area contributed by atoms with Crippen molar-refractivity contribution in [1.82, 2.24) is 0 Å². The molecule has 0 aliphatic heterocycles. The van der Waals surface area contributed by atoms with Crippen LogP contribution in [-0.4, -0.2) is 6.61 Å². The molecule has 1 aromatic heterocycles. The van der Waals surface area contributed by atoms with Crippen LogP contribution < -0.4 is 5.90 Å². The lowest BCUT2D eigenvalue weighted by Gasteiger charge is -2.20. The highest BCUT2D eigenvalue weighted by Crippen LogP contribution is 2.34. The van der Waals surface area contributed by atoms with Gasteiger partial charge in [0.1, 0.15) is 5.76 Å². The van der Waals surface area contributed by atoms with Crippen LogP contribution >= 0.6 is 0 Å². The summed E-state index contributed by atoms with van der Waals surface area (Å²) < 4.78 is 41.4. The summed E-state index contributed by atoms with van der Waals surface area (Å²) in [4.78, 5) is 4.41. The minimum Gasteiger partial charge on any atom is -0.456 e. The van der Waals surface area contributed by atoms with E-state index in [1.807, 2.05) is 0 Å². The first kappa shape index (κ1) is 12.1. The molecule has 0 aromatic carbocycles. The lowest BCUT2D eigenvalue weighted by atomic mass is 9.92. The van der Waals surface area contributed by atoms with Crippen LogP contribution in [0, 0.1) is 0 Å². The SMILES string of the molecule is CC(C)(CON)c1ccc(C(F)(F)F)o1. The molecule has 86 valence electrons. The molecule has 0 bridgehead atoms. The van der Waals surface area contributed by atoms with Gasteiger partial charge >= 0.3 is 6.18 Å². The van der Waals surface area contributed by atoms with Crippen molar-refractivity contribution in [2.45, 2.75) is 25.4 Å². The zero-order valence-corrected chi connectivity index (χ0v) is 8.39. The molecule has 0 atom stereocenters. The summed E-state index contributed by atoms with van der Waals surface area (Å²) in [7, 11) is 0. The second kappa shape index (κ2) is 3.86. The molecule has 0 spiro atoms. The number of hydrogen-bond donors (Lipinski definition) is 1. The van der Waals surface area contributed by atoms with E-state index in [-0.39, 0.29) is 12.4 Å². The highest BCUT2D eigenvalue weighted by atomic mass is 19.4. The van der Waals surface area contributed by atoms with Crippen molar-refractivity contribution < 1.29 is 22.4 Å². The summed E-state index contributed by atoms with van der Waals surface area (Å²) in [5, 5.41) is 0. The van der Waals surface area contributed by atoms with E-state index in [2.05, 4.69) is 4.84 Å². The first-order valence-electron chi connectivity index (χ1n) is 4.26. The Morgan fingerprint density at radius 2 is 1.80 bits per heavy atom. The fourth-order valence-electron chi connectivity index (χ4n) is 1.13. The number of alkyl halides is 3. The Balaban J connectivity index is 2.94. The van der Waals surface area contributed by atoms with Gasteiger partial charge in [-0.1, -0.05) is 13.8 Å². The summed E-state index contributed by atoms with van der Waals surface area (Å²) >= 11 is 0. The normalized spacial score (nSPS) is 13.2. The molecule has 2 N–H and O–H groups in total. The van der Waals surface area contributed by atoms with E-state index in [4.69, 9.17) is 10.3 Å². The minimum absolute atomic E-state index is 0.0812. The van der Waals surface area contributed by atoms with E-state index in [0.717, 1.165) is 6.07 Å². The van der Waals surface area contributed by atoms with Gasteiger partial charge in [-0.3, -0.25) is 0 Å². The van der Waals surface area contributed by atoms with Crippen LogP contribution in [-0.2, 0) is 16.4 Å². The van der Waals surface area contributed by atoms with E-state index < -0.39 is 17.4 Å². The van der Waals surface area contributed by atoms with Crippen LogP contribution in [0.5, 0.6) is 0 Å². The van der Waals surface area contributed by atoms with Gasteiger partial charge in [0, 0.05) is 5.41 Å². The van der Waals surface area contributed by atoms with Crippen molar-refractivity contribution in [3.8, 4) is 0 Å². The fraction of sp³-hybridized carbons (Fsp3) is 0.556. The van der Waals surface area contributed by atoms with Crippen LogP contribution in [0.1, 0.15) is 25.4 Å². The van der Waals surface area contributed by atoms with Crippen molar-refractivity contribution in [1.29, 1.82) is 0 Å². The number of halogens is 3. The van der Waals surface area contributed by atoms with Gasteiger partial charge in [0.25, 0.3) is 0 Å². The zero-order chi connectivity index (χ0) is 11.7. The number of hydrogen-bond acceptors (Lipinski definition) is 3. The third kappa shape index (κ3) is 2.73. The molecular formula is C9H12F3NO2. The lowest BCUT2D eigenvalue weighted by molar-refractivity contribution is -0.153. The Kier molecular flexibility index (Phi) is 3.11. The predicted octanol–water partition coefficient (Wildman–Crippen LogP) is 2.47. The topological polar surface area (TPSA) is 48.4 Å². The lowest BCUT2D eigenvalue weighted by Crippen LogP contribution is -2.25. The highest BCUT2D eigenvalue weighted by molar-refractivity contribution is 5.17. The molecule has 0 fully saturated rings.